The maximum absolute atomic E-state index is 2.51. The summed E-state index contributed by atoms with van der Waals surface area (Å²) in [7, 11) is 0. The molecule has 0 amide bonds. The minimum Gasteiger partial charge on any atom is -0.309 e. The molecule has 10 rings (SSSR count). The third-order valence-corrected chi connectivity index (χ3v) is 13.6. The second kappa shape index (κ2) is 15.7. The summed E-state index contributed by atoms with van der Waals surface area (Å²) in [5, 5.41) is 2.47. The molecule has 0 atom stereocenters. The van der Waals surface area contributed by atoms with Crippen molar-refractivity contribution in [1.82, 2.24) is 0 Å². The van der Waals surface area contributed by atoms with Gasteiger partial charge in [-0.15, -0.1) is 0 Å². The van der Waals surface area contributed by atoms with Crippen LogP contribution in [0.15, 0.2) is 200 Å². The largest absolute Gasteiger partial charge is 0.309 e. The zero-order valence-corrected chi connectivity index (χ0v) is 38.5. The van der Waals surface area contributed by atoms with E-state index >= 15 is 0 Å². The fraction of sp³-hybridized carbons (Fsp3) is 0.175. The molecule has 0 aromatic heterocycles. The van der Waals surface area contributed by atoms with Gasteiger partial charge in [-0.3, -0.25) is 0 Å². The minimum atomic E-state index is -0.0643. The maximum Gasteiger partial charge on any atom is 0.0540 e. The van der Waals surface area contributed by atoms with Crippen molar-refractivity contribution in [3.8, 4) is 55.6 Å². The van der Waals surface area contributed by atoms with Gasteiger partial charge < -0.3 is 4.90 Å². The van der Waals surface area contributed by atoms with Crippen molar-refractivity contribution < 1.29 is 0 Å². The first-order valence-corrected chi connectivity index (χ1v) is 22.8. The first-order valence-electron chi connectivity index (χ1n) is 22.8. The van der Waals surface area contributed by atoms with Gasteiger partial charge >= 0.3 is 0 Å². The lowest BCUT2D eigenvalue weighted by Gasteiger charge is -2.31. The van der Waals surface area contributed by atoms with Gasteiger partial charge in [-0.2, -0.15) is 0 Å². The van der Waals surface area contributed by atoms with Crippen LogP contribution in [0, 0.1) is 0 Å². The van der Waals surface area contributed by atoms with Gasteiger partial charge in [-0.05, 0) is 113 Å². The van der Waals surface area contributed by atoms with Crippen molar-refractivity contribution in [2.75, 3.05) is 4.90 Å². The van der Waals surface area contributed by atoms with Gasteiger partial charge in [0.1, 0.15) is 0 Å². The number of hydrogen-bond donors (Lipinski definition) is 0. The molecular weight excluding hydrogens is 771 g/mol. The Balaban J connectivity index is 1.21. The zero-order chi connectivity index (χ0) is 44.4. The van der Waals surface area contributed by atoms with E-state index in [2.05, 4.69) is 260 Å². The van der Waals surface area contributed by atoms with Crippen LogP contribution in [0.1, 0.15) is 77.6 Å². The topological polar surface area (TPSA) is 3.24 Å². The van der Waals surface area contributed by atoms with E-state index in [1.54, 1.807) is 0 Å². The molecule has 1 aliphatic carbocycles. The lowest BCUT2D eigenvalue weighted by molar-refractivity contribution is 0.569. The molecule has 0 bridgehead atoms. The molecule has 1 heteroatoms. The first-order chi connectivity index (χ1) is 30.8. The van der Waals surface area contributed by atoms with E-state index in [4.69, 9.17) is 0 Å². The molecule has 9 aromatic carbocycles. The first kappa shape index (κ1) is 41.1. The maximum atomic E-state index is 2.51. The average molecular weight is 828 g/mol. The van der Waals surface area contributed by atoms with Gasteiger partial charge in [0, 0.05) is 22.2 Å². The van der Waals surface area contributed by atoms with Crippen molar-refractivity contribution in [1.29, 1.82) is 0 Å². The van der Waals surface area contributed by atoms with Gasteiger partial charge in [-0.1, -0.05) is 231 Å². The quantitative estimate of drug-likeness (QED) is 0.155. The lowest BCUT2D eigenvalue weighted by atomic mass is 9.78. The third-order valence-electron chi connectivity index (χ3n) is 13.6. The Morgan fingerprint density at radius 2 is 0.844 bits per heavy atom. The predicted octanol–water partition coefficient (Wildman–Crippen LogP) is 17.9. The van der Waals surface area contributed by atoms with Crippen molar-refractivity contribution in [3.05, 3.63) is 222 Å². The fourth-order valence-electron chi connectivity index (χ4n) is 10.1. The van der Waals surface area contributed by atoms with Crippen LogP contribution in [-0.2, 0) is 16.2 Å². The molecule has 314 valence electrons. The van der Waals surface area contributed by atoms with Crippen LogP contribution in [0.5, 0.6) is 0 Å². The van der Waals surface area contributed by atoms with E-state index in [1.165, 1.54) is 88.7 Å². The molecule has 0 saturated carbocycles. The summed E-state index contributed by atoms with van der Waals surface area (Å²) in [6.45, 7) is 18.7. The molecule has 0 N–H and O–H groups in total. The van der Waals surface area contributed by atoms with Crippen molar-refractivity contribution >= 4 is 27.8 Å². The van der Waals surface area contributed by atoms with Crippen LogP contribution in [0.2, 0.25) is 0 Å². The van der Waals surface area contributed by atoms with E-state index in [1.807, 2.05) is 0 Å². The molecule has 0 radical (unpaired) electrons. The van der Waals surface area contributed by atoms with Crippen LogP contribution in [0.3, 0.4) is 0 Å². The van der Waals surface area contributed by atoms with E-state index in [0.717, 1.165) is 17.1 Å². The van der Waals surface area contributed by atoms with Gasteiger partial charge in [-0.25, -0.2) is 0 Å². The number of para-hydroxylation sites is 2. The van der Waals surface area contributed by atoms with E-state index in [9.17, 15) is 0 Å². The van der Waals surface area contributed by atoms with Crippen LogP contribution in [-0.4, -0.2) is 0 Å². The van der Waals surface area contributed by atoms with E-state index < -0.39 is 0 Å². The Morgan fingerprint density at radius 3 is 1.50 bits per heavy atom. The molecule has 0 fully saturated rings. The van der Waals surface area contributed by atoms with Crippen molar-refractivity contribution in [2.45, 2.75) is 71.6 Å². The fourth-order valence-corrected chi connectivity index (χ4v) is 10.1. The Morgan fingerprint density at radius 1 is 0.359 bits per heavy atom. The van der Waals surface area contributed by atoms with E-state index in [-0.39, 0.29) is 16.2 Å². The SMILES string of the molecule is CC(C)(C)c1cc(-c2ccccc2N(c2ccc(-c3cccc4c3-c3ccccc3C4(C)C)cc2)c2ccccc2-c2cccc3cccc(-c4ccccc4)c23)cc(C(C)(C)C)c1. The van der Waals surface area contributed by atoms with Gasteiger partial charge in [0.2, 0.25) is 0 Å². The number of hydrogen-bond acceptors (Lipinski definition) is 1. The summed E-state index contributed by atoms with van der Waals surface area (Å²) in [5.74, 6) is 0. The van der Waals surface area contributed by atoms with Crippen molar-refractivity contribution in [2.24, 2.45) is 0 Å². The molecule has 64 heavy (non-hydrogen) atoms. The van der Waals surface area contributed by atoms with Crippen LogP contribution in [0.4, 0.5) is 17.1 Å². The van der Waals surface area contributed by atoms with Gasteiger partial charge in [0.25, 0.3) is 0 Å². The van der Waals surface area contributed by atoms with Crippen LogP contribution in [0.25, 0.3) is 66.4 Å². The highest BCUT2D eigenvalue weighted by atomic mass is 15.1. The normalized spacial score (nSPS) is 13.1. The molecule has 1 nitrogen and oxygen atoms in total. The van der Waals surface area contributed by atoms with E-state index in [0.29, 0.717) is 0 Å². The summed E-state index contributed by atoms with van der Waals surface area (Å²) in [6.07, 6.45) is 0. The Labute approximate surface area is 380 Å². The molecule has 0 heterocycles. The Bertz CT molecular complexity index is 3150. The van der Waals surface area contributed by atoms with Gasteiger partial charge in [0.15, 0.2) is 0 Å². The number of anilines is 3. The summed E-state index contributed by atoms with van der Waals surface area (Å²) in [5.41, 5.74) is 21.1. The lowest BCUT2D eigenvalue weighted by Crippen LogP contribution is -2.17. The molecule has 0 spiro atoms. The Kier molecular flexibility index (Phi) is 10.1. The summed E-state index contributed by atoms with van der Waals surface area (Å²) < 4.78 is 0. The highest BCUT2D eigenvalue weighted by Crippen LogP contribution is 2.53. The number of fused-ring (bicyclic) bond motifs is 4. The van der Waals surface area contributed by atoms with Crippen LogP contribution >= 0.6 is 0 Å². The molecule has 9 aromatic rings. The number of nitrogens with zero attached hydrogens (tertiary/aromatic N) is 1. The highest BCUT2D eigenvalue weighted by Gasteiger charge is 2.36. The second-order valence-electron chi connectivity index (χ2n) is 20.2. The third kappa shape index (κ3) is 7.14. The molecule has 0 saturated heterocycles. The molecular formula is C63H57N. The smallest absolute Gasteiger partial charge is 0.0540 e. The molecule has 0 unspecified atom stereocenters. The number of rotatable bonds is 7. The summed E-state index contributed by atoms with van der Waals surface area (Å²) in [6, 6.07) is 74.7. The molecule has 1 aliphatic rings. The summed E-state index contributed by atoms with van der Waals surface area (Å²) in [4.78, 5) is 2.51. The van der Waals surface area contributed by atoms with Gasteiger partial charge in [0.05, 0.1) is 11.4 Å². The second-order valence-corrected chi connectivity index (χ2v) is 20.2. The van der Waals surface area contributed by atoms with Crippen LogP contribution < -0.4 is 4.90 Å². The standard InChI is InChI=1S/C63H57N/c1-61(2,3)46-39-45(40-47(41-46)62(4,5)6)49-25-13-16-33-57(49)64(48-37-35-43(36-38-48)51-29-20-32-56-60(51)54-27-12-15-31-55(54)63(56,7)8)58-34-17-14-26-52(58)53-30-19-24-44-23-18-28-50(59(44)53)42-21-10-9-11-22-42/h9-41H,1-8H3. The highest BCUT2D eigenvalue weighted by molar-refractivity contribution is 6.09. The number of benzene rings is 9. The Hall–Kier alpha value is -6.96. The zero-order valence-electron chi connectivity index (χ0n) is 38.5. The van der Waals surface area contributed by atoms with Crippen molar-refractivity contribution in [3.63, 3.8) is 0 Å². The minimum absolute atomic E-state index is 0.0226. The summed E-state index contributed by atoms with van der Waals surface area (Å²) >= 11 is 0. The molecule has 0 aliphatic heterocycles. The predicted molar refractivity (Wildman–Crippen MR) is 275 cm³/mol. The monoisotopic (exact) mass is 827 g/mol. The average Bonchev–Trinajstić information content (AvgIpc) is 3.54.